The number of rotatable bonds is 4. The van der Waals surface area contributed by atoms with E-state index >= 15 is 0 Å². The predicted molar refractivity (Wildman–Crippen MR) is 78.3 cm³/mol. The first kappa shape index (κ1) is 14.0. The molecule has 0 aliphatic heterocycles. The Labute approximate surface area is 118 Å². The van der Waals surface area contributed by atoms with Crippen LogP contribution < -0.4 is 5.32 Å². The number of anilines is 1. The highest BCUT2D eigenvalue weighted by atomic mass is 16.2. The SMILES string of the molecule is C/C=C(/Nc1ccn2ccnc2n1)C(=O)N(C)C(C)C. The summed E-state index contributed by atoms with van der Waals surface area (Å²) in [5.74, 6) is 1.13. The molecule has 20 heavy (non-hydrogen) atoms. The van der Waals surface area contributed by atoms with Gasteiger partial charge in [-0.25, -0.2) is 4.98 Å². The lowest BCUT2D eigenvalue weighted by Crippen LogP contribution is -2.35. The third-order valence-corrected chi connectivity index (χ3v) is 3.14. The number of nitrogens with zero attached hydrogens (tertiary/aromatic N) is 4. The van der Waals surface area contributed by atoms with Crippen molar-refractivity contribution in [2.45, 2.75) is 26.8 Å². The first-order valence-electron chi connectivity index (χ1n) is 6.53. The van der Waals surface area contributed by atoms with Crippen LogP contribution in [0.25, 0.3) is 5.78 Å². The number of likely N-dealkylation sites (N-methyl/N-ethyl adjacent to an activating group) is 1. The van der Waals surface area contributed by atoms with Crippen LogP contribution in [0.1, 0.15) is 20.8 Å². The normalized spacial score (nSPS) is 11.9. The zero-order chi connectivity index (χ0) is 14.7. The number of amides is 1. The first-order chi connectivity index (χ1) is 9.52. The summed E-state index contributed by atoms with van der Waals surface area (Å²) in [6.07, 6.45) is 7.10. The van der Waals surface area contributed by atoms with Crippen molar-refractivity contribution in [1.82, 2.24) is 19.3 Å². The Morgan fingerprint density at radius 1 is 1.45 bits per heavy atom. The molecule has 0 fully saturated rings. The largest absolute Gasteiger partial charge is 0.338 e. The van der Waals surface area contributed by atoms with E-state index in [-0.39, 0.29) is 11.9 Å². The number of hydrogen-bond donors (Lipinski definition) is 1. The molecule has 6 nitrogen and oxygen atoms in total. The van der Waals surface area contributed by atoms with Crippen molar-refractivity contribution < 1.29 is 4.79 Å². The van der Waals surface area contributed by atoms with Crippen LogP contribution in [0, 0.1) is 0 Å². The summed E-state index contributed by atoms with van der Waals surface area (Å²) in [7, 11) is 1.78. The van der Waals surface area contributed by atoms with Crippen LogP contribution in [-0.4, -0.2) is 38.3 Å². The monoisotopic (exact) mass is 273 g/mol. The van der Waals surface area contributed by atoms with Gasteiger partial charge in [0.15, 0.2) is 0 Å². The van der Waals surface area contributed by atoms with Crippen LogP contribution in [0.2, 0.25) is 0 Å². The summed E-state index contributed by atoms with van der Waals surface area (Å²) in [5.41, 5.74) is 0.504. The van der Waals surface area contributed by atoms with Gasteiger partial charge in [-0.05, 0) is 26.8 Å². The molecule has 0 bridgehead atoms. The number of allylic oxidation sites excluding steroid dienone is 1. The number of carbonyl (C=O) groups excluding carboxylic acids is 1. The topological polar surface area (TPSA) is 62.5 Å². The highest BCUT2D eigenvalue weighted by Gasteiger charge is 2.17. The number of hydrogen-bond acceptors (Lipinski definition) is 4. The van der Waals surface area contributed by atoms with Gasteiger partial charge < -0.3 is 10.2 Å². The third-order valence-electron chi connectivity index (χ3n) is 3.14. The van der Waals surface area contributed by atoms with Crippen LogP contribution in [0.5, 0.6) is 0 Å². The minimum Gasteiger partial charge on any atom is -0.338 e. The minimum atomic E-state index is -0.0625. The van der Waals surface area contributed by atoms with Crippen LogP contribution in [-0.2, 0) is 4.79 Å². The lowest BCUT2D eigenvalue weighted by atomic mass is 10.3. The van der Waals surface area contributed by atoms with Crippen molar-refractivity contribution in [3.63, 3.8) is 0 Å². The summed E-state index contributed by atoms with van der Waals surface area (Å²) in [6.45, 7) is 5.77. The molecule has 2 rings (SSSR count). The molecule has 2 heterocycles. The summed E-state index contributed by atoms with van der Waals surface area (Å²) in [6, 6.07) is 1.95. The van der Waals surface area contributed by atoms with E-state index in [0.717, 1.165) is 0 Å². The van der Waals surface area contributed by atoms with Gasteiger partial charge in [0.1, 0.15) is 11.5 Å². The van der Waals surface area contributed by atoms with E-state index in [1.165, 1.54) is 0 Å². The maximum atomic E-state index is 12.3. The summed E-state index contributed by atoms with van der Waals surface area (Å²) in [4.78, 5) is 22.4. The number of imidazole rings is 1. The van der Waals surface area contributed by atoms with E-state index in [9.17, 15) is 4.79 Å². The van der Waals surface area contributed by atoms with Crippen molar-refractivity contribution in [2.75, 3.05) is 12.4 Å². The van der Waals surface area contributed by atoms with Crippen molar-refractivity contribution in [1.29, 1.82) is 0 Å². The van der Waals surface area contributed by atoms with E-state index in [1.54, 1.807) is 30.3 Å². The van der Waals surface area contributed by atoms with Gasteiger partial charge in [-0.1, -0.05) is 6.08 Å². The van der Waals surface area contributed by atoms with E-state index in [0.29, 0.717) is 17.3 Å². The highest BCUT2D eigenvalue weighted by Crippen LogP contribution is 2.11. The zero-order valence-electron chi connectivity index (χ0n) is 12.2. The molecule has 0 aromatic carbocycles. The summed E-state index contributed by atoms with van der Waals surface area (Å²) >= 11 is 0. The third kappa shape index (κ3) is 2.79. The molecule has 0 aliphatic rings. The van der Waals surface area contributed by atoms with Gasteiger partial charge in [-0.3, -0.25) is 9.20 Å². The molecular formula is C14H19N5O. The zero-order valence-corrected chi connectivity index (χ0v) is 12.2. The maximum Gasteiger partial charge on any atom is 0.269 e. The Morgan fingerprint density at radius 3 is 2.85 bits per heavy atom. The molecule has 0 spiro atoms. The van der Waals surface area contributed by atoms with Crippen molar-refractivity contribution >= 4 is 17.5 Å². The summed E-state index contributed by atoms with van der Waals surface area (Å²) in [5, 5.41) is 3.05. The summed E-state index contributed by atoms with van der Waals surface area (Å²) < 4.78 is 1.81. The van der Waals surface area contributed by atoms with E-state index < -0.39 is 0 Å². The Hall–Kier alpha value is -2.37. The number of aromatic nitrogens is 3. The highest BCUT2D eigenvalue weighted by molar-refractivity contribution is 5.96. The van der Waals surface area contributed by atoms with Crippen molar-refractivity contribution in [2.24, 2.45) is 0 Å². The van der Waals surface area contributed by atoms with E-state index in [1.807, 2.05) is 37.6 Å². The van der Waals surface area contributed by atoms with Crippen LogP contribution in [0.15, 0.2) is 36.4 Å². The smallest absolute Gasteiger partial charge is 0.269 e. The molecule has 2 aromatic rings. The molecular weight excluding hydrogens is 254 g/mol. The Kier molecular flexibility index (Phi) is 4.02. The Balaban J connectivity index is 2.19. The molecule has 0 atom stereocenters. The maximum absolute atomic E-state index is 12.3. The van der Waals surface area contributed by atoms with Gasteiger partial charge >= 0.3 is 0 Å². The molecule has 0 radical (unpaired) electrons. The van der Waals surface area contributed by atoms with Gasteiger partial charge in [0.25, 0.3) is 5.91 Å². The molecule has 0 aliphatic carbocycles. The average Bonchev–Trinajstić information content (AvgIpc) is 2.90. The lowest BCUT2D eigenvalue weighted by Gasteiger charge is -2.23. The number of nitrogens with one attached hydrogen (secondary N) is 1. The number of fused-ring (bicyclic) bond motifs is 1. The molecule has 6 heteroatoms. The van der Waals surface area contributed by atoms with Gasteiger partial charge in [0.2, 0.25) is 5.78 Å². The first-order valence-corrected chi connectivity index (χ1v) is 6.53. The van der Waals surface area contributed by atoms with Gasteiger partial charge in [0, 0.05) is 31.7 Å². The second-order valence-corrected chi connectivity index (χ2v) is 4.78. The molecule has 0 unspecified atom stereocenters. The van der Waals surface area contributed by atoms with Crippen LogP contribution >= 0.6 is 0 Å². The molecule has 0 saturated carbocycles. The Morgan fingerprint density at radius 2 is 2.20 bits per heavy atom. The molecule has 1 N–H and O–H groups in total. The van der Waals surface area contributed by atoms with E-state index in [2.05, 4.69) is 15.3 Å². The fraction of sp³-hybridized carbons (Fsp3) is 0.357. The quantitative estimate of drug-likeness (QED) is 0.864. The molecule has 2 aromatic heterocycles. The molecule has 1 amide bonds. The van der Waals surface area contributed by atoms with Crippen molar-refractivity contribution in [3.8, 4) is 0 Å². The fourth-order valence-corrected chi connectivity index (χ4v) is 1.69. The van der Waals surface area contributed by atoms with Gasteiger partial charge in [-0.2, -0.15) is 4.98 Å². The van der Waals surface area contributed by atoms with Crippen LogP contribution in [0.4, 0.5) is 5.82 Å². The lowest BCUT2D eigenvalue weighted by molar-refractivity contribution is -0.127. The fourth-order valence-electron chi connectivity index (χ4n) is 1.69. The predicted octanol–water partition coefficient (Wildman–Crippen LogP) is 1.91. The number of carbonyl (C=O) groups is 1. The standard InChI is InChI=1S/C14H19N5O/c1-5-11(13(20)18(4)10(2)3)16-12-6-8-19-9-7-15-14(19)17-12/h5-10H,1-4H3,(H,15,16,17)/b11-5+. The molecule has 0 saturated heterocycles. The van der Waals surface area contributed by atoms with E-state index in [4.69, 9.17) is 0 Å². The minimum absolute atomic E-state index is 0.0625. The second-order valence-electron chi connectivity index (χ2n) is 4.78. The Bertz CT molecular complexity index is 644. The van der Waals surface area contributed by atoms with Gasteiger partial charge in [-0.15, -0.1) is 0 Å². The molecule has 106 valence electrons. The van der Waals surface area contributed by atoms with Crippen LogP contribution in [0.3, 0.4) is 0 Å². The van der Waals surface area contributed by atoms with Gasteiger partial charge in [0.05, 0.1) is 0 Å². The van der Waals surface area contributed by atoms with Crippen molar-refractivity contribution in [3.05, 3.63) is 36.4 Å². The average molecular weight is 273 g/mol. The second kappa shape index (κ2) is 5.73.